The molecule has 0 aliphatic carbocycles. The Morgan fingerprint density at radius 1 is 0.723 bits per heavy atom. The molecular formula is C43H40IrN2O-2. The van der Waals surface area contributed by atoms with E-state index in [0.717, 1.165) is 33.2 Å². The van der Waals surface area contributed by atoms with E-state index in [-0.39, 0.29) is 36.6 Å². The van der Waals surface area contributed by atoms with Gasteiger partial charge >= 0.3 is 0 Å². The van der Waals surface area contributed by atoms with Gasteiger partial charge in [0.1, 0.15) is 5.58 Å². The van der Waals surface area contributed by atoms with Gasteiger partial charge in [-0.3, -0.25) is 0 Å². The minimum absolute atomic E-state index is 0. The maximum atomic E-state index is 8.48. The molecule has 239 valence electrons. The van der Waals surface area contributed by atoms with Crippen molar-refractivity contribution in [3.8, 4) is 22.5 Å². The fourth-order valence-corrected chi connectivity index (χ4v) is 5.48. The fourth-order valence-electron chi connectivity index (χ4n) is 5.48. The number of furan rings is 1. The molecule has 3 aromatic heterocycles. The third-order valence-electron chi connectivity index (χ3n) is 7.97. The summed E-state index contributed by atoms with van der Waals surface area (Å²) in [4.78, 5) is 8.98. The van der Waals surface area contributed by atoms with E-state index in [4.69, 9.17) is 16.3 Å². The smallest absolute Gasteiger partial charge is 0.120 e. The maximum Gasteiger partial charge on any atom is 0.120 e. The SMILES string of the molecule is CC(C)(c1ccccc1)c1ccc(-c2[c-]ccc3c2oc2ccccc23)nc1.[2H]C([2H])([2H])c1cnc(-c2[c-]cccc2)cc1C([2H])([2H])C(C)(C)C.[Ir]. The van der Waals surface area contributed by atoms with Crippen LogP contribution in [0.2, 0.25) is 0 Å². The van der Waals surface area contributed by atoms with Crippen molar-refractivity contribution in [3.63, 3.8) is 0 Å². The first-order chi connectivity index (χ1) is 24.1. The summed E-state index contributed by atoms with van der Waals surface area (Å²) in [5, 5.41) is 2.22. The first-order valence-corrected chi connectivity index (χ1v) is 15.4. The zero-order chi connectivity index (χ0) is 36.6. The van der Waals surface area contributed by atoms with E-state index in [0.29, 0.717) is 11.3 Å². The van der Waals surface area contributed by atoms with Crippen molar-refractivity contribution in [3.05, 3.63) is 156 Å². The standard InChI is InChI=1S/C26H20NO.C17H20N.Ir/c1-26(2,18-9-4-3-5-10-18)19-15-16-23(27-17-19)22-13-8-12-21-20-11-6-7-14-24(20)28-25(21)22;1-13-12-18-16(14-8-6-5-7-9-14)10-15(13)11-17(2,3)4;/h3-12,14-17H,1-2H3;5-8,10,12H,11H2,1-4H3;/q2*-1;/i;1D3,11D2;. The second-order valence-electron chi connectivity index (χ2n) is 12.9. The van der Waals surface area contributed by atoms with E-state index < -0.39 is 18.6 Å². The summed E-state index contributed by atoms with van der Waals surface area (Å²) in [6.07, 6.45) is 1.42. The summed E-state index contributed by atoms with van der Waals surface area (Å²) in [7, 11) is 0. The van der Waals surface area contributed by atoms with Crippen molar-refractivity contribution in [2.45, 2.75) is 53.3 Å². The number of aryl methyl sites for hydroxylation is 1. The third kappa shape index (κ3) is 7.62. The number of nitrogens with zero attached hydrogens (tertiary/aromatic N) is 2. The molecule has 0 aliphatic rings. The Morgan fingerprint density at radius 3 is 2.17 bits per heavy atom. The number of fused-ring (bicyclic) bond motifs is 3. The molecule has 0 saturated heterocycles. The molecule has 1 radical (unpaired) electrons. The first kappa shape index (κ1) is 27.7. The monoisotopic (exact) mass is 798 g/mol. The number of hydrogen-bond acceptors (Lipinski definition) is 3. The van der Waals surface area contributed by atoms with Crippen LogP contribution in [0.15, 0.2) is 126 Å². The zero-order valence-electron chi connectivity index (χ0n) is 32.2. The molecule has 0 spiro atoms. The fraction of sp³-hybridized carbons (Fsp3) is 0.209. The van der Waals surface area contributed by atoms with Gasteiger partial charge in [-0.1, -0.05) is 118 Å². The van der Waals surface area contributed by atoms with Gasteiger partial charge in [0.25, 0.3) is 0 Å². The van der Waals surface area contributed by atoms with Crippen LogP contribution in [0.25, 0.3) is 44.5 Å². The summed E-state index contributed by atoms with van der Waals surface area (Å²) in [5.41, 5.74) is 6.42. The van der Waals surface area contributed by atoms with Crippen LogP contribution < -0.4 is 0 Å². The Hall–Kier alpha value is -4.37. The summed E-state index contributed by atoms with van der Waals surface area (Å²) >= 11 is 0. The third-order valence-corrected chi connectivity index (χ3v) is 7.97. The Balaban J connectivity index is 0.000000202. The molecule has 0 unspecified atom stereocenters. The molecule has 0 bridgehead atoms. The van der Waals surface area contributed by atoms with Gasteiger partial charge in [0.05, 0.1) is 5.58 Å². The van der Waals surface area contributed by atoms with E-state index >= 15 is 0 Å². The molecule has 7 rings (SSSR count). The predicted molar refractivity (Wildman–Crippen MR) is 191 cm³/mol. The molecule has 47 heavy (non-hydrogen) atoms. The Labute approximate surface area is 299 Å². The van der Waals surface area contributed by atoms with Crippen LogP contribution in [0.4, 0.5) is 0 Å². The summed E-state index contributed by atoms with van der Waals surface area (Å²) < 4.78 is 46.2. The van der Waals surface area contributed by atoms with Crippen molar-refractivity contribution in [2.75, 3.05) is 0 Å². The summed E-state index contributed by atoms with van der Waals surface area (Å²) in [5.74, 6) is 0. The van der Waals surface area contributed by atoms with Gasteiger partial charge in [0.15, 0.2) is 0 Å². The van der Waals surface area contributed by atoms with E-state index in [1.54, 1.807) is 32.9 Å². The molecule has 0 atom stereocenters. The van der Waals surface area contributed by atoms with Gasteiger partial charge in [-0.05, 0) is 52.8 Å². The average Bonchev–Trinajstić information content (AvgIpc) is 3.51. The molecule has 0 fully saturated rings. The van der Waals surface area contributed by atoms with Crippen LogP contribution in [-0.2, 0) is 31.9 Å². The van der Waals surface area contributed by atoms with Crippen molar-refractivity contribution >= 4 is 21.9 Å². The summed E-state index contributed by atoms with van der Waals surface area (Å²) in [6.45, 7) is 7.30. The largest absolute Gasteiger partial charge is 0.501 e. The Bertz CT molecular complexity index is 2280. The molecule has 0 saturated carbocycles. The zero-order valence-corrected chi connectivity index (χ0v) is 29.6. The van der Waals surface area contributed by atoms with Crippen LogP contribution in [0.1, 0.15) is 63.7 Å². The molecule has 0 N–H and O–H groups in total. The number of pyridine rings is 2. The quantitative estimate of drug-likeness (QED) is 0.163. The van der Waals surface area contributed by atoms with Crippen LogP contribution in [-0.4, -0.2) is 9.97 Å². The Kier molecular flexibility index (Phi) is 8.36. The van der Waals surface area contributed by atoms with Gasteiger partial charge in [-0.2, -0.15) is 0 Å². The second kappa shape index (κ2) is 14.2. The van der Waals surface area contributed by atoms with Crippen LogP contribution in [0.5, 0.6) is 0 Å². The van der Waals surface area contributed by atoms with Crippen LogP contribution >= 0.6 is 0 Å². The molecule has 4 heteroatoms. The van der Waals surface area contributed by atoms with Gasteiger partial charge in [-0.25, -0.2) is 0 Å². The molecule has 3 heterocycles. The molecule has 4 aromatic carbocycles. The van der Waals surface area contributed by atoms with Gasteiger partial charge < -0.3 is 14.4 Å². The van der Waals surface area contributed by atoms with E-state index in [1.165, 1.54) is 17.3 Å². The van der Waals surface area contributed by atoms with Crippen molar-refractivity contribution in [1.82, 2.24) is 9.97 Å². The topological polar surface area (TPSA) is 38.9 Å². The number of aromatic nitrogens is 2. The van der Waals surface area contributed by atoms with Crippen molar-refractivity contribution in [1.29, 1.82) is 0 Å². The van der Waals surface area contributed by atoms with Gasteiger partial charge in [-0.15, -0.1) is 54.1 Å². The molecule has 3 nitrogen and oxygen atoms in total. The van der Waals surface area contributed by atoms with Gasteiger partial charge in [0, 0.05) is 50.2 Å². The van der Waals surface area contributed by atoms with E-state index in [2.05, 4.69) is 79.5 Å². The maximum absolute atomic E-state index is 8.48. The molecule has 0 aliphatic heterocycles. The molecule has 0 amide bonds. The number of benzene rings is 4. The van der Waals surface area contributed by atoms with Crippen molar-refractivity contribution < 1.29 is 31.4 Å². The second-order valence-corrected chi connectivity index (χ2v) is 12.9. The van der Waals surface area contributed by atoms with E-state index in [9.17, 15) is 0 Å². The molecule has 7 aromatic rings. The first-order valence-electron chi connectivity index (χ1n) is 17.9. The number of hydrogen-bond donors (Lipinski definition) is 0. The number of para-hydroxylation sites is 1. The minimum atomic E-state index is -2.42. The molecular weight excluding hydrogens is 753 g/mol. The Morgan fingerprint density at radius 2 is 1.47 bits per heavy atom. The minimum Gasteiger partial charge on any atom is -0.501 e. The number of rotatable bonds is 5. The van der Waals surface area contributed by atoms with E-state index in [1.807, 2.05) is 54.7 Å². The van der Waals surface area contributed by atoms with Crippen LogP contribution in [0.3, 0.4) is 0 Å². The normalized spacial score (nSPS) is 13.7. The van der Waals surface area contributed by atoms with Crippen molar-refractivity contribution in [2.24, 2.45) is 5.41 Å². The van der Waals surface area contributed by atoms with Crippen LogP contribution in [0, 0.1) is 24.4 Å². The van der Waals surface area contributed by atoms with Gasteiger partial charge in [0.2, 0.25) is 0 Å². The summed E-state index contributed by atoms with van der Waals surface area (Å²) in [6, 6.07) is 42.0. The average molecular weight is 798 g/mol. The predicted octanol–water partition coefficient (Wildman–Crippen LogP) is 11.2.